The van der Waals surface area contributed by atoms with Gasteiger partial charge in [0, 0.05) is 8.59 Å². The summed E-state index contributed by atoms with van der Waals surface area (Å²) in [6, 6.07) is 27.4. The third-order valence-electron chi connectivity index (χ3n) is 5.16. The maximum atomic E-state index is 13.6. The van der Waals surface area contributed by atoms with E-state index in [1.54, 1.807) is 4.57 Å². The van der Waals surface area contributed by atoms with Crippen molar-refractivity contribution in [3.05, 3.63) is 115 Å². The van der Waals surface area contributed by atoms with Crippen LogP contribution in [0, 0.1) is 3.57 Å². The summed E-state index contributed by atoms with van der Waals surface area (Å²) in [5, 5.41) is 3.43. The van der Waals surface area contributed by atoms with E-state index >= 15 is 0 Å². The molecule has 0 aliphatic carbocycles. The molecule has 0 aliphatic rings. The lowest BCUT2D eigenvalue weighted by Gasteiger charge is -2.13. The first-order valence-corrected chi connectivity index (χ1v) is 11.2. The van der Waals surface area contributed by atoms with Gasteiger partial charge in [-0.2, -0.15) is 0 Å². The number of nitrogens with zero attached hydrogens (tertiary/aromatic N) is 2. The van der Waals surface area contributed by atoms with Crippen molar-refractivity contribution in [2.45, 2.75) is 0 Å². The second kappa shape index (κ2) is 8.29. The first-order chi connectivity index (χ1) is 15.1. The van der Waals surface area contributed by atoms with Crippen LogP contribution in [0.5, 0.6) is 0 Å². The quantitative estimate of drug-likeness (QED) is 0.234. The molecule has 1 aromatic heterocycles. The summed E-state index contributed by atoms with van der Waals surface area (Å²) in [5.41, 5.74) is 2.21. The van der Waals surface area contributed by atoms with Gasteiger partial charge in [-0.05, 0) is 87.5 Å². The minimum absolute atomic E-state index is 0.0994. The van der Waals surface area contributed by atoms with Crippen LogP contribution in [-0.4, -0.2) is 9.55 Å². The van der Waals surface area contributed by atoms with Gasteiger partial charge in [-0.1, -0.05) is 60.1 Å². The first-order valence-electron chi connectivity index (χ1n) is 9.74. The standard InChI is InChI=1S/C26H16ClIN2O/c27-23-8-4-3-6-18(23)10-14-25-29-24-13-11-20(28)16-22(24)26(31)30(25)21-12-9-17-5-1-2-7-19(17)15-21/h1-16H/b14-10+. The maximum absolute atomic E-state index is 13.6. The third kappa shape index (κ3) is 3.89. The Bertz CT molecular complexity index is 1540. The van der Waals surface area contributed by atoms with Crippen LogP contribution in [0.2, 0.25) is 5.02 Å². The Morgan fingerprint density at radius 3 is 2.45 bits per heavy atom. The molecule has 5 rings (SSSR count). The summed E-state index contributed by atoms with van der Waals surface area (Å²) in [6.07, 6.45) is 3.73. The Morgan fingerprint density at radius 1 is 0.839 bits per heavy atom. The van der Waals surface area contributed by atoms with Crippen molar-refractivity contribution in [2.24, 2.45) is 0 Å². The molecule has 5 aromatic rings. The molecular formula is C26H16ClIN2O. The van der Waals surface area contributed by atoms with Gasteiger partial charge in [-0.25, -0.2) is 4.98 Å². The van der Waals surface area contributed by atoms with E-state index in [2.05, 4.69) is 28.7 Å². The number of rotatable bonds is 3. The first kappa shape index (κ1) is 20.0. The average molecular weight is 535 g/mol. The van der Waals surface area contributed by atoms with Gasteiger partial charge in [-0.3, -0.25) is 9.36 Å². The molecule has 0 atom stereocenters. The smallest absolute Gasteiger partial charge is 0.266 e. The van der Waals surface area contributed by atoms with E-state index in [4.69, 9.17) is 16.6 Å². The highest BCUT2D eigenvalue weighted by Crippen LogP contribution is 2.22. The zero-order chi connectivity index (χ0) is 21.4. The van der Waals surface area contributed by atoms with Crippen molar-refractivity contribution in [2.75, 3.05) is 0 Å². The van der Waals surface area contributed by atoms with Gasteiger partial charge in [0.2, 0.25) is 0 Å². The van der Waals surface area contributed by atoms with Crippen LogP contribution in [0.15, 0.2) is 89.7 Å². The predicted octanol–water partition coefficient (Wildman–Crippen LogP) is 6.97. The molecule has 0 radical (unpaired) electrons. The van der Waals surface area contributed by atoms with E-state index in [9.17, 15) is 4.79 Å². The van der Waals surface area contributed by atoms with Crippen LogP contribution >= 0.6 is 34.2 Å². The van der Waals surface area contributed by atoms with Crippen molar-refractivity contribution in [1.29, 1.82) is 0 Å². The van der Waals surface area contributed by atoms with E-state index in [1.807, 2.05) is 91.0 Å². The van der Waals surface area contributed by atoms with Crippen LogP contribution in [-0.2, 0) is 0 Å². The lowest BCUT2D eigenvalue weighted by atomic mass is 10.1. The van der Waals surface area contributed by atoms with E-state index in [0.29, 0.717) is 21.7 Å². The maximum Gasteiger partial charge on any atom is 0.266 e. The van der Waals surface area contributed by atoms with Crippen LogP contribution in [0.25, 0.3) is 39.5 Å². The number of aromatic nitrogens is 2. The van der Waals surface area contributed by atoms with Crippen molar-refractivity contribution in [3.63, 3.8) is 0 Å². The molecule has 0 N–H and O–H groups in total. The number of halogens is 2. The zero-order valence-electron chi connectivity index (χ0n) is 16.3. The predicted molar refractivity (Wildman–Crippen MR) is 138 cm³/mol. The summed E-state index contributed by atoms with van der Waals surface area (Å²) in [7, 11) is 0. The van der Waals surface area contributed by atoms with Gasteiger partial charge in [-0.15, -0.1) is 0 Å². The topological polar surface area (TPSA) is 34.9 Å². The third-order valence-corrected chi connectivity index (χ3v) is 6.18. The molecule has 0 spiro atoms. The van der Waals surface area contributed by atoms with Crippen molar-refractivity contribution < 1.29 is 0 Å². The van der Waals surface area contributed by atoms with Gasteiger partial charge < -0.3 is 0 Å². The SMILES string of the molecule is O=c1c2cc(I)ccc2nc(/C=C/c2ccccc2Cl)n1-c1ccc2ccccc2c1. The molecule has 0 saturated heterocycles. The summed E-state index contributed by atoms with van der Waals surface area (Å²) >= 11 is 8.53. The average Bonchev–Trinajstić information content (AvgIpc) is 2.79. The number of hydrogen-bond donors (Lipinski definition) is 0. The molecule has 31 heavy (non-hydrogen) atoms. The van der Waals surface area contributed by atoms with Crippen molar-refractivity contribution in [1.82, 2.24) is 9.55 Å². The summed E-state index contributed by atoms with van der Waals surface area (Å²) in [6.45, 7) is 0. The van der Waals surface area contributed by atoms with Crippen LogP contribution in [0.1, 0.15) is 11.4 Å². The highest BCUT2D eigenvalue weighted by atomic mass is 127. The van der Waals surface area contributed by atoms with Crippen molar-refractivity contribution in [3.8, 4) is 5.69 Å². The Morgan fingerprint density at radius 2 is 1.61 bits per heavy atom. The molecule has 4 aromatic carbocycles. The molecule has 0 amide bonds. The lowest BCUT2D eigenvalue weighted by molar-refractivity contribution is 0.945. The second-order valence-corrected chi connectivity index (χ2v) is 8.81. The van der Waals surface area contributed by atoms with Crippen molar-refractivity contribution >= 4 is 68.0 Å². The van der Waals surface area contributed by atoms with Gasteiger partial charge >= 0.3 is 0 Å². The van der Waals surface area contributed by atoms with Gasteiger partial charge in [0.1, 0.15) is 5.82 Å². The number of fused-ring (bicyclic) bond motifs is 2. The molecule has 5 heteroatoms. The fourth-order valence-corrected chi connectivity index (χ4v) is 4.32. The van der Waals surface area contributed by atoms with E-state index in [0.717, 1.165) is 25.6 Å². The molecule has 0 unspecified atom stereocenters. The monoisotopic (exact) mass is 534 g/mol. The van der Waals surface area contributed by atoms with Crippen LogP contribution < -0.4 is 5.56 Å². The van der Waals surface area contributed by atoms with E-state index in [-0.39, 0.29) is 5.56 Å². The Balaban J connectivity index is 1.77. The van der Waals surface area contributed by atoms with Crippen LogP contribution in [0.3, 0.4) is 0 Å². The molecular weight excluding hydrogens is 519 g/mol. The van der Waals surface area contributed by atoms with E-state index in [1.165, 1.54) is 0 Å². The van der Waals surface area contributed by atoms with Gasteiger partial charge in [0.05, 0.1) is 16.6 Å². The van der Waals surface area contributed by atoms with Crippen LogP contribution in [0.4, 0.5) is 0 Å². The summed E-state index contributed by atoms with van der Waals surface area (Å²) in [5.74, 6) is 0.550. The van der Waals surface area contributed by atoms with Gasteiger partial charge in [0.15, 0.2) is 0 Å². The minimum atomic E-state index is -0.0994. The molecule has 150 valence electrons. The molecule has 0 fully saturated rings. The lowest BCUT2D eigenvalue weighted by Crippen LogP contribution is -2.22. The fraction of sp³-hybridized carbons (Fsp3) is 0. The summed E-state index contributed by atoms with van der Waals surface area (Å²) in [4.78, 5) is 18.4. The molecule has 0 bridgehead atoms. The molecule has 3 nitrogen and oxygen atoms in total. The fourth-order valence-electron chi connectivity index (χ4n) is 3.63. The second-order valence-electron chi connectivity index (χ2n) is 7.16. The summed E-state index contributed by atoms with van der Waals surface area (Å²) < 4.78 is 2.66. The Labute approximate surface area is 197 Å². The normalized spacial score (nSPS) is 11.5. The molecule has 0 aliphatic heterocycles. The Hall–Kier alpha value is -2.96. The Kier molecular flexibility index (Phi) is 5.34. The zero-order valence-corrected chi connectivity index (χ0v) is 19.2. The molecule has 1 heterocycles. The van der Waals surface area contributed by atoms with E-state index < -0.39 is 0 Å². The molecule has 0 saturated carbocycles. The number of benzene rings is 4. The van der Waals surface area contributed by atoms with Gasteiger partial charge in [0.25, 0.3) is 5.56 Å². The minimum Gasteiger partial charge on any atom is -0.268 e. The highest BCUT2D eigenvalue weighted by molar-refractivity contribution is 14.1. The number of hydrogen-bond acceptors (Lipinski definition) is 2. The highest BCUT2D eigenvalue weighted by Gasteiger charge is 2.12. The largest absolute Gasteiger partial charge is 0.268 e.